The van der Waals surface area contributed by atoms with Crippen LogP contribution in [0, 0.1) is 11.8 Å². The Bertz CT molecular complexity index is 469. The maximum atomic E-state index is 12.8. The van der Waals surface area contributed by atoms with Gasteiger partial charge in [0.05, 0.1) is 0 Å². The van der Waals surface area contributed by atoms with Gasteiger partial charge in [-0.2, -0.15) is 0 Å². The van der Waals surface area contributed by atoms with E-state index in [1.165, 1.54) is 25.7 Å². The maximum absolute atomic E-state index is 12.8. The third kappa shape index (κ3) is 2.22. The Morgan fingerprint density at radius 2 is 1.42 bits per heavy atom. The summed E-state index contributed by atoms with van der Waals surface area (Å²) in [6, 6.07) is 0. The molecule has 0 aromatic rings. The van der Waals surface area contributed by atoms with Crippen molar-refractivity contribution < 1.29 is 9.59 Å². The molecule has 19 heavy (non-hydrogen) atoms. The Hall–Kier alpha value is -1.18. The summed E-state index contributed by atoms with van der Waals surface area (Å²) in [5, 5.41) is 0. The molecule has 3 aliphatic rings. The molecule has 0 amide bonds. The summed E-state index contributed by atoms with van der Waals surface area (Å²) in [5.41, 5.74) is 2.42. The molecule has 0 aromatic heterocycles. The number of allylic oxidation sites excluding steroid dienone is 4. The summed E-state index contributed by atoms with van der Waals surface area (Å²) in [7, 11) is 0. The summed E-state index contributed by atoms with van der Waals surface area (Å²) >= 11 is 0. The van der Waals surface area contributed by atoms with E-state index in [-0.39, 0.29) is 11.6 Å². The Balaban J connectivity index is 1.92. The monoisotopic (exact) mass is 258 g/mol. The van der Waals surface area contributed by atoms with E-state index < -0.39 is 0 Å². The zero-order chi connectivity index (χ0) is 13.4. The van der Waals surface area contributed by atoms with E-state index >= 15 is 0 Å². The number of carbonyl (C=O) groups excluding carboxylic acids is 2. The predicted molar refractivity (Wildman–Crippen MR) is 74.7 cm³/mol. The Labute approximate surface area is 115 Å². The van der Waals surface area contributed by atoms with Crippen molar-refractivity contribution in [3.8, 4) is 0 Å². The minimum absolute atomic E-state index is 0.0865. The van der Waals surface area contributed by atoms with Crippen LogP contribution in [0.4, 0.5) is 0 Å². The number of rotatable bonds is 2. The molecule has 0 aromatic carbocycles. The van der Waals surface area contributed by atoms with E-state index in [9.17, 15) is 9.59 Å². The Kier molecular flexibility index (Phi) is 3.42. The van der Waals surface area contributed by atoms with Gasteiger partial charge in [-0.15, -0.1) is 0 Å². The second kappa shape index (κ2) is 5.07. The second-order valence-corrected chi connectivity index (χ2v) is 6.29. The summed E-state index contributed by atoms with van der Waals surface area (Å²) in [6.45, 7) is 1.84. The van der Waals surface area contributed by atoms with Gasteiger partial charge in [0, 0.05) is 16.7 Å². The molecule has 2 heteroatoms. The van der Waals surface area contributed by atoms with Gasteiger partial charge in [-0.3, -0.25) is 9.59 Å². The summed E-state index contributed by atoms with van der Waals surface area (Å²) in [5.74, 6) is 0.988. The molecule has 3 aliphatic carbocycles. The van der Waals surface area contributed by atoms with Gasteiger partial charge in [-0.1, -0.05) is 25.7 Å². The van der Waals surface area contributed by atoms with Crippen LogP contribution in [0.5, 0.6) is 0 Å². The highest BCUT2D eigenvalue weighted by atomic mass is 16.1. The highest BCUT2D eigenvalue weighted by Gasteiger charge is 2.36. The molecule has 0 N–H and O–H groups in total. The predicted octanol–water partition coefficient (Wildman–Crippen LogP) is 3.76. The van der Waals surface area contributed by atoms with E-state index in [1.807, 2.05) is 6.92 Å². The van der Waals surface area contributed by atoms with E-state index in [2.05, 4.69) is 0 Å². The first-order valence-corrected chi connectivity index (χ1v) is 7.70. The number of hydrogen-bond acceptors (Lipinski definition) is 2. The average Bonchev–Trinajstić information content (AvgIpc) is 3.06. The van der Waals surface area contributed by atoms with Gasteiger partial charge in [-0.05, 0) is 50.5 Å². The van der Waals surface area contributed by atoms with Crippen LogP contribution < -0.4 is 0 Å². The lowest BCUT2D eigenvalue weighted by atomic mass is 9.78. The van der Waals surface area contributed by atoms with Crippen molar-refractivity contribution in [2.45, 2.75) is 58.3 Å². The fraction of sp³-hybridized carbons (Fsp3) is 0.647. The Morgan fingerprint density at radius 3 is 2.00 bits per heavy atom. The van der Waals surface area contributed by atoms with E-state index in [1.54, 1.807) is 6.08 Å². The first-order chi connectivity index (χ1) is 9.18. The van der Waals surface area contributed by atoms with Crippen LogP contribution in [0.25, 0.3) is 0 Å². The molecule has 102 valence electrons. The maximum Gasteiger partial charge on any atom is 0.186 e. The van der Waals surface area contributed by atoms with Crippen molar-refractivity contribution in [2.24, 2.45) is 11.8 Å². The first kappa shape index (κ1) is 12.8. The van der Waals surface area contributed by atoms with E-state index in [0.29, 0.717) is 11.8 Å². The number of carbonyl (C=O) groups is 2. The molecular formula is C17H22O2. The third-order valence-electron chi connectivity index (χ3n) is 5.13. The van der Waals surface area contributed by atoms with Crippen LogP contribution in [0.3, 0.4) is 0 Å². The van der Waals surface area contributed by atoms with Crippen LogP contribution in [-0.2, 0) is 9.59 Å². The number of ketones is 2. The van der Waals surface area contributed by atoms with Crippen molar-refractivity contribution in [2.75, 3.05) is 0 Å². The van der Waals surface area contributed by atoms with Crippen molar-refractivity contribution in [3.63, 3.8) is 0 Å². The highest BCUT2D eigenvalue weighted by molar-refractivity contribution is 6.22. The van der Waals surface area contributed by atoms with Gasteiger partial charge in [0.1, 0.15) is 0 Å². The highest BCUT2D eigenvalue weighted by Crippen LogP contribution is 2.40. The molecule has 2 nitrogen and oxygen atoms in total. The fourth-order valence-corrected chi connectivity index (χ4v) is 4.02. The lowest BCUT2D eigenvalue weighted by Crippen LogP contribution is -2.25. The van der Waals surface area contributed by atoms with E-state index in [4.69, 9.17) is 0 Å². The molecule has 2 fully saturated rings. The number of hydrogen-bond donors (Lipinski definition) is 0. The lowest BCUT2D eigenvalue weighted by Gasteiger charge is -2.24. The SMILES string of the molecule is CC1=C(C2CCCC2)C(=O)C(C2CCCC2)=CC1=O. The molecule has 0 radical (unpaired) electrons. The van der Waals surface area contributed by atoms with Crippen molar-refractivity contribution in [1.82, 2.24) is 0 Å². The molecule has 3 rings (SSSR count). The Morgan fingerprint density at radius 1 is 0.895 bits per heavy atom. The van der Waals surface area contributed by atoms with Crippen molar-refractivity contribution >= 4 is 11.6 Å². The van der Waals surface area contributed by atoms with E-state index in [0.717, 1.165) is 42.4 Å². The third-order valence-corrected chi connectivity index (χ3v) is 5.13. The van der Waals surface area contributed by atoms with Crippen LogP contribution in [-0.4, -0.2) is 11.6 Å². The zero-order valence-electron chi connectivity index (χ0n) is 11.7. The second-order valence-electron chi connectivity index (χ2n) is 6.29. The van der Waals surface area contributed by atoms with Crippen LogP contribution in [0.2, 0.25) is 0 Å². The molecule has 0 spiro atoms. The average molecular weight is 258 g/mol. The minimum atomic E-state index is 0.0865. The van der Waals surface area contributed by atoms with Crippen LogP contribution in [0.1, 0.15) is 58.3 Å². The fourth-order valence-electron chi connectivity index (χ4n) is 4.02. The molecular weight excluding hydrogens is 236 g/mol. The lowest BCUT2D eigenvalue weighted by molar-refractivity contribution is -0.116. The molecule has 2 saturated carbocycles. The number of Topliss-reactive ketones (excluding diaryl/α,β-unsaturated/α-hetero) is 1. The van der Waals surface area contributed by atoms with Crippen molar-refractivity contribution in [3.05, 3.63) is 22.8 Å². The van der Waals surface area contributed by atoms with Crippen LogP contribution in [0.15, 0.2) is 22.8 Å². The van der Waals surface area contributed by atoms with Gasteiger partial charge in [0.2, 0.25) is 0 Å². The summed E-state index contributed by atoms with van der Waals surface area (Å²) in [4.78, 5) is 25.0. The van der Waals surface area contributed by atoms with Gasteiger partial charge in [0.15, 0.2) is 11.6 Å². The summed E-state index contributed by atoms with van der Waals surface area (Å²) in [6.07, 6.45) is 10.8. The minimum Gasteiger partial charge on any atom is -0.290 e. The standard InChI is InChI=1S/C17H22O2/c1-11-15(18)10-14(12-6-2-3-7-12)17(19)16(11)13-8-4-5-9-13/h10,12-13H,2-9H2,1H3. The van der Waals surface area contributed by atoms with Gasteiger partial charge >= 0.3 is 0 Å². The van der Waals surface area contributed by atoms with Gasteiger partial charge in [0.25, 0.3) is 0 Å². The zero-order valence-corrected chi connectivity index (χ0v) is 11.7. The smallest absolute Gasteiger partial charge is 0.186 e. The normalized spacial score (nSPS) is 26.5. The summed E-state index contributed by atoms with van der Waals surface area (Å²) < 4.78 is 0. The van der Waals surface area contributed by atoms with Crippen LogP contribution >= 0.6 is 0 Å². The van der Waals surface area contributed by atoms with Gasteiger partial charge in [-0.25, -0.2) is 0 Å². The van der Waals surface area contributed by atoms with Crippen molar-refractivity contribution in [1.29, 1.82) is 0 Å². The molecule has 0 bridgehead atoms. The molecule has 0 heterocycles. The van der Waals surface area contributed by atoms with Gasteiger partial charge < -0.3 is 0 Å². The molecule has 0 aliphatic heterocycles. The largest absolute Gasteiger partial charge is 0.290 e. The topological polar surface area (TPSA) is 34.1 Å². The molecule has 0 unspecified atom stereocenters. The quantitative estimate of drug-likeness (QED) is 0.707. The first-order valence-electron chi connectivity index (χ1n) is 7.70. The molecule has 0 saturated heterocycles. The molecule has 0 atom stereocenters.